The number of hydrogen-bond donors (Lipinski definition) is 2. The topological polar surface area (TPSA) is 79.5 Å². The minimum Gasteiger partial charge on any atom is -0.411 e. The van der Waals surface area contributed by atoms with Gasteiger partial charge in [-0.05, 0) is 25.5 Å². The summed E-state index contributed by atoms with van der Waals surface area (Å²) in [5.41, 5.74) is 3.21. The van der Waals surface area contributed by atoms with Gasteiger partial charge in [0.2, 0.25) is 0 Å². The maximum Gasteiger partial charge on any atom is 0.259 e. The van der Waals surface area contributed by atoms with Crippen molar-refractivity contribution >= 4 is 17.3 Å². The van der Waals surface area contributed by atoms with Crippen molar-refractivity contribution in [3.05, 3.63) is 47.3 Å². The Bertz CT molecular complexity index is 689. The van der Waals surface area contributed by atoms with Crippen molar-refractivity contribution in [2.45, 2.75) is 20.3 Å². The summed E-state index contributed by atoms with van der Waals surface area (Å²) >= 11 is 0. The van der Waals surface area contributed by atoms with E-state index in [2.05, 4.69) is 15.6 Å². The lowest BCUT2D eigenvalue weighted by Gasteiger charge is -2.06. The van der Waals surface area contributed by atoms with Crippen molar-refractivity contribution in [1.82, 2.24) is 9.78 Å². The van der Waals surface area contributed by atoms with Crippen LogP contribution in [0.1, 0.15) is 35.5 Å². The third kappa shape index (κ3) is 3.28. The fourth-order valence-corrected chi connectivity index (χ4v) is 2.06. The Morgan fingerprint density at radius 1 is 1.48 bits per heavy atom. The monoisotopic (exact) mass is 286 g/mol. The van der Waals surface area contributed by atoms with E-state index in [1.807, 2.05) is 13.0 Å². The largest absolute Gasteiger partial charge is 0.411 e. The highest BCUT2D eigenvalue weighted by Crippen LogP contribution is 2.15. The molecule has 110 valence electrons. The van der Waals surface area contributed by atoms with Crippen LogP contribution in [0.25, 0.3) is 0 Å². The number of nitrogens with one attached hydrogen (secondary N) is 1. The molecule has 0 spiro atoms. The van der Waals surface area contributed by atoms with Gasteiger partial charge in [-0.25, -0.2) is 0 Å². The Balaban J connectivity index is 2.23. The minimum absolute atomic E-state index is 0.198. The van der Waals surface area contributed by atoms with Gasteiger partial charge in [-0.1, -0.05) is 24.2 Å². The molecular weight excluding hydrogens is 268 g/mol. The number of hydrogen-bond acceptors (Lipinski definition) is 4. The van der Waals surface area contributed by atoms with Crippen LogP contribution in [0.15, 0.2) is 35.6 Å². The molecule has 1 amide bonds. The van der Waals surface area contributed by atoms with Crippen LogP contribution >= 0.6 is 0 Å². The summed E-state index contributed by atoms with van der Waals surface area (Å²) in [6.45, 7) is 3.65. The maximum atomic E-state index is 12.3. The SMILES string of the molecule is CCc1nn(C)cc1C(=O)Nc1cccc(/C(C)=N/O)c1. The Labute approximate surface area is 123 Å². The normalized spacial score (nSPS) is 11.5. The first-order valence-electron chi connectivity index (χ1n) is 6.68. The molecular formula is C15H18N4O2. The first-order chi connectivity index (χ1) is 10.0. The molecule has 0 unspecified atom stereocenters. The molecule has 0 bridgehead atoms. The Morgan fingerprint density at radius 2 is 2.24 bits per heavy atom. The summed E-state index contributed by atoms with van der Waals surface area (Å²) in [7, 11) is 1.79. The number of anilines is 1. The molecule has 1 aromatic heterocycles. The number of aromatic nitrogens is 2. The van der Waals surface area contributed by atoms with E-state index in [9.17, 15) is 4.79 Å². The highest BCUT2D eigenvalue weighted by molar-refractivity contribution is 6.06. The summed E-state index contributed by atoms with van der Waals surface area (Å²) in [6, 6.07) is 7.15. The van der Waals surface area contributed by atoms with E-state index in [0.29, 0.717) is 23.4 Å². The third-order valence-corrected chi connectivity index (χ3v) is 3.17. The Hall–Kier alpha value is -2.63. The lowest BCUT2D eigenvalue weighted by molar-refractivity contribution is 0.102. The quantitative estimate of drug-likeness (QED) is 0.514. The van der Waals surface area contributed by atoms with Gasteiger partial charge in [-0.15, -0.1) is 0 Å². The smallest absolute Gasteiger partial charge is 0.259 e. The number of benzene rings is 1. The van der Waals surface area contributed by atoms with Gasteiger partial charge < -0.3 is 10.5 Å². The van der Waals surface area contributed by atoms with E-state index >= 15 is 0 Å². The fourth-order valence-electron chi connectivity index (χ4n) is 2.06. The van der Waals surface area contributed by atoms with E-state index < -0.39 is 0 Å². The van der Waals surface area contributed by atoms with E-state index in [-0.39, 0.29) is 5.91 Å². The molecule has 0 aliphatic rings. The number of aryl methyl sites for hydroxylation is 2. The summed E-state index contributed by atoms with van der Waals surface area (Å²) < 4.78 is 1.63. The Kier molecular flexibility index (Phi) is 4.37. The van der Waals surface area contributed by atoms with Crippen molar-refractivity contribution < 1.29 is 10.0 Å². The van der Waals surface area contributed by atoms with E-state index in [1.165, 1.54) is 0 Å². The minimum atomic E-state index is -0.198. The molecule has 6 heteroatoms. The summed E-state index contributed by atoms with van der Waals surface area (Å²) in [5, 5.41) is 19.0. The molecule has 2 N–H and O–H groups in total. The molecule has 0 fully saturated rings. The van der Waals surface area contributed by atoms with Crippen LogP contribution in [0.3, 0.4) is 0 Å². The zero-order valence-corrected chi connectivity index (χ0v) is 12.3. The standard InChI is InChI=1S/C15H18N4O2/c1-4-14-13(9-19(3)17-14)15(20)16-12-7-5-6-11(8-12)10(2)18-21/h5-9,21H,4H2,1-3H3,(H,16,20)/b18-10+. The van der Waals surface area contributed by atoms with Crippen LogP contribution < -0.4 is 5.32 Å². The molecule has 2 rings (SSSR count). The fraction of sp³-hybridized carbons (Fsp3) is 0.267. The van der Waals surface area contributed by atoms with Crippen molar-refractivity contribution in [2.75, 3.05) is 5.32 Å². The van der Waals surface area contributed by atoms with Gasteiger partial charge in [0, 0.05) is 24.5 Å². The van der Waals surface area contributed by atoms with Crippen LogP contribution in [0, 0.1) is 0 Å². The number of rotatable bonds is 4. The zero-order chi connectivity index (χ0) is 15.4. The lowest BCUT2D eigenvalue weighted by atomic mass is 10.1. The molecule has 1 heterocycles. The van der Waals surface area contributed by atoms with Crippen molar-refractivity contribution in [2.24, 2.45) is 12.2 Å². The molecule has 0 aliphatic heterocycles. The molecule has 1 aromatic carbocycles. The molecule has 0 saturated carbocycles. The van der Waals surface area contributed by atoms with Gasteiger partial charge in [0.25, 0.3) is 5.91 Å². The van der Waals surface area contributed by atoms with Gasteiger partial charge in [-0.3, -0.25) is 9.48 Å². The average Bonchev–Trinajstić information content (AvgIpc) is 2.88. The predicted molar refractivity (Wildman–Crippen MR) is 81.0 cm³/mol. The summed E-state index contributed by atoms with van der Waals surface area (Å²) in [6.07, 6.45) is 2.40. The van der Waals surface area contributed by atoms with Crippen LogP contribution in [0.5, 0.6) is 0 Å². The molecule has 0 radical (unpaired) electrons. The summed E-state index contributed by atoms with van der Waals surface area (Å²) in [4.78, 5) is 12.3. The number of nitrogens with zero attached hydrogens (tertiary/aromatic N) is 3. The molecule has 0 saturated heterocycles. The number of carbonyl (C=O) groups excluding carboxylic acids is 1. The second-order valence-corrected chi connectivity index (χ2v) is 4.74. The van der Waals surface area contributed by atoms with Crippen LogP contribution in [-0.4, -0.2) is 26.6 Å². The van der Waals surface area contributed by atoms with E-state index in [0.717, 1.165) is 11.3 Å². The maximum absolute atomic E-state index is 12.3. The number of amides is 1. The van der Waals surface area contributed by atoms with Gasteiger partial charge in [-0.2, -0.15) is 5.10 Å². The molecule has 0 aliphatic carbocycles. The Morgan fingerprint density at radius 3 is 2.90 bits per heavy atom. The van der Waals surface area contributed by atoms with Crippen molar-refractivity contribution in [1.29, 1.82) is 0 Å². The third-order valence-electron chi connectivity index (χ3n) is 3.17. The highest BCUT2D eigenvalue weighted by atomic mass is 16.4. The first-order valence-corrected chi connectivity index (χ1v) is 6.68. The first kappa shape index (κ1) is 14.8. The number of oxime groups is 1. The number of carbonyl (C=O) groups is 1. The second kappa shape index (κ2) is 6.21. The van der Waals surface area contributed by atoms with Crippen molar-refractivity contribution in [3.63, 3.8) is 0 Å². The van der Waals surface area contributed by atoms with Crippen molar-refractivity contribution in [3.8, 4) is 0 Å². The molecule has 21 heavy (non-hydrogen) atoms. The van der Waals surface area contributed by atoms with Crippen LogP contribution in [-0.2, 0) is 13.5 Å². The van der Waals surface area contributed by atoms with E-state index in [4.69, 9.17) is 5.21 Å². The van der Waals surface area contributed by atoms with Gasteiger partial charge in [0.1, 0.15) is 0 Å². The van der Waals surface area contributed by atoms with E-state index in [1.54, 1.807) is 43.0 Å². The predicted octanol–water partition coefficient (Wildman–Crippen LogP) is 2.43. The zero-order valence-electron chi connectivity index (χ0n) is 12.3. The van der Waals surface area contributed by atoms with Gasteiger partial charge >= 0.3 is 0 Å². The highest BCUT2D eigenvalue weighted by Gasteiger charge is 2.14. The van der Waals surface area contributed by atoms with Crippen LogP contribution in [0.4, 0.5) is 5.69 Å². The molecule has 0 atom stereocenters. The molecule has 6 nitrogen and oxygen atoms in total. The van der Waals surface area contributed by atoms with Crippen LogP contribution in [0.2, 0.25) is 0 Å². The lowest BCUT2D eigenvalue weighted by Crippen LogP contribution is -2.13. The summed E-state index contributed by atoms with van der Waals surface area (Å²) in [5.74, 6) is -0.198. The van der Waals surface area contributed by atoms with Gasteiger partial charge in [0.05, 0.1) is 17.0 Å². The van der Waals surface area contributed by atoms with Gasteiger partial charge in [0.15, 0.2) is 0 Å². The molecule has 2 aromatic rings. The second-order valence-electron chi connectivity index (χ2n) is 4.74. The average molecular weight is 286 g/mol.